The van der Waals surface area contributed by atoms with Gasteiger partial charge in [0.25, 0.3) is 0 Å². The van der Waals surface area contributed by atoms with Gasteiger partial charge < -0.3 is 18.9 Å². The number of benzene rings is 4. The molecule has 0 radical (unpaired) electrons. The van der Waals surface area contributed by atoms with Crippen LogP contribution in [-0.2, 0) is 0 Å². The van der Waals surface area contributed by atoms with Gasteiger partial charge in [0, 0.05) is 34.4 Å². The standard InChI is InChI=1S/C30H24O4/c1-31-27-15-23(16-28(19-27)32-2)7-5-21-9-11-25-12-10-22(14-26(25)13-21)6-8-24-17-29(33-3)20-30(18-24)34-4/h9-20H,1-4H3. The molecule has 168 valence electrons. The van der Waals surface area contributed by atoms with Crippen LogP contribution < -0.4 is 18.9 Å². The molecule has 0 saturated carbocycles. The highest BCUT2D eigenvalue weighted by atomic mass is 16.5. The number of hydrogen-bond acceptors (Lipinski definition) is 4. The summed E-state index contributed by atoms with van der Waals surface area (Å²) in [6.45, 7) is 0. The maximum atomic E-state index is 5.33. The van der Waals surface area contributed by atoms with Crippen LogP contribution in [0.1, 0.15) is 22.3 Å². The Morgan fingerprint density at radius 3 is 1.09 bits per heavy atom. The van der Waals surface area contributed by atoms with Crippen LogP contribution in [0.5, 0.6) is 23.0 Å². The topological polar surface area (TPSA) is 36.9 Å². The van der Waals surface area contributed by atoms with Gasteiger partial charge in [-0.25, -0.2) is 0 Å². The lowest BCUT2D eigenvalue weighted by atomic mass is 10.0. The van der Waals surface area contributed by atoms with Crippen LogP contribution in [0, 0.1) is 23.7 Å². The van der Waals surface area contributed by atoms with Crippen molar-refractivity contribution in [2.45, 2.75) is 0 Å². The van der Waals surface area contributed by atoms with Crippen molar-refractivity contribution in [3.8, 4) is 46.7 Å². The van der Waals surface area contributed by atoms with Gasteiger partial charge in [-0.2, -0.15) is 0 Å². The molecule has 0 saturated heterocycles. The quantitative estimate of drug-likeness (QED) is 0.377. The number of methoxy groups -OCH3 is 4. The average Bonchev–Trinajstić information content (AvgIpc) is 2.89. The summed E-state index contributed by atoms with van der Waals surface area (Å²) in [5, 5.41) is 2.20. The zero-order chi connectivity index (χ0) is 23.9. The van der Waals surface area contributed by atoms with E-state index in [4.69, 9.17) is 18.9 Å². The lowest BCUT2D eigenvalue weighted by Gasteiger charge is -2.05. The summed E-state index contributed by atoms with van der Waals surface area (Å²) in [4.78, 5) is 0. The van der Waals surface area contributed by atoms with Crippen LogP contribution in [0.15, 0.2) is 72.8 Å². The lowest BCUT2D eigenvalue weighted by molar-refractivity contribution is 0.394. The number of ether oxygens (including phenoxy) is 4. The molecule has 0 atom stereocenters. The second-order valence-corrected chi connectivity index (χ2v) is 7.48. The molecule has 4 heteroatoms. The SMILES string of the molecule is COc1cc(C#Cc2ccc3ccc(C#Cc4cc(OC)cc(OC)c4)cc3c2)cc(OC)c1. The van der Waals surface area contributed by atoms with E-state index in [1.54, 1.807) is 28.4 Å². The van der Waals surface area contributed by atoms with Crippen LogP contribution in [0.3, 0.4) is 0 Å². The number of fused-ring (bicyclic) bond motifs is 1. The minimum Gasteiger partial charge on any atom is -0.497 e. The fraction of sp³-hybridized carbons (Fsp3) is 0.133. The second-order valence-electron chi connectivity index (χ2n) is 7.48. The molecule has 34 heavy (non-hydrogen) atoms. The van der Waals surface area contributed by atoms with E-state index >= 15 is 0 Å². The number of hydrogen-bond donors (Lipinski definition) is 0. The first-order valence-corrected chi connectivity index (χ1v) is 10.6. The van der Waals surface area contributed by atoms with Gasteiger partial charge in [0.15, 0.2) is 0 Å². The fourth-order valence-corrected chi connectivity index (χ4v) is 3.45. The van der Waals surface area contributed by atoms with E-state index in [9.17, 15) is 0 Å². The smallest absolute Gasteiger partial charge is 0.123 e. The van der Waals surface area contributed by atoms with Crippen LogP contribution in [0.25, 0.3) is 10.8 Å². The largest absolute Gasteiger partial charge is 0.497 e. The number of rotatable bonds is 4. The Morgan fingerprint density at radius 1 is 0.382 bits per heavy atom. The Bertz CT molecular complexity index is 1310. The van der Waals surface area contributed by atoms with Gasteiger partial charge in [0.1, 0.15) is 23.0 Å². The van der Waals surface area contributed by atoms with Gasteiger partial charge in [0.05, 0.1) is 28.4 Å². The van der Waals surface area contributed by atoms with Crippen molar-refractivity contribution in [1.82, 2.24) is 0 Å². The highest BCUT2D eigenvalue weighted by Crippen LogP contribution is 2.23. The van der Waals surface area contributed by atoms with Crippen molar-refractivity contribution < 1.29 is 18.9 Å². The van der Waals surface area contributed by atoms with E-state index in [-0.39, 0.29) is 0 Å². The predicted molar refractivity (Wildman–Crippen MR) is 135 cm³/mol. The molecule has 0 aliphatic rings. The molecular weight excluding hydrogens is 424 g/mol. The van der Waals surface area contributed by atoms with E-state index in [1.165, 1.54) is 0 Å². The van der Waals surface area contributed by atoms with Crippen molar-refractivity contribution in [1.29, 1.82) is 0 Å². The summed E-state index contributed by atoms with van der Waals surface area (Å²) >= 11 is 0. The van der Waals surface area contributed by atoms with Crippen LogP contribution >= 0.6 is 0 Å². The van der Waals surface area contributed by atoms with Crippen LogP contribution in [-0.4, -0.2) is 28.4 Å². The highest BCUT2D eigenvalue weighted by molar-refractivity contribution is 5.85. The maximum absolute atomic E-state index is 5.33. The summed E-state index contributed by atoms with van der Waals surface area (Å²) in [5.74, 6) is 15.7. The van der Waals surface area contributed by atoms with Crippen LogP contribution in [0.2, 0.25) is 0 Å². The van der Waals surface area contributed by atoms with E-state index in [2.05, 4.69) is 47.9 Å². The van der Waals surface area contributed by atoms with Crippen molar-refractivity contribution >= 4 is 10.8 Å². The summed E-state index contributed by atoms with van der Waals surface area (Å²) in [6.07, 6.45) is 0. The molecule has 0 aliphatic heterocycles. The van der Waals surface area contributed by atoms with Crippen LogP contribution in [0.4, 0.5) is 0 Å². The van der Waals surface area contributed by atoms with E-state index in [1.807, 2.05) is 48.5 Å². The lowest BCUT2D eigenvalue weighted by Crippen LogP contribution is -1.88. The summed E-state index contributed by atoms with van der Waals surface area (Å²) in [6, 6.07) is 23.5. The van der Waals surface area contributed by atoms with Gasteiger partial charge in [-0.05, 0) is 59.3 Å². The molecule has 0 spiro atoms. The molecule has 4 aromatic carbocycles. The van der Waals surface area contributed by atoms with Gasteiger partial charge in [-0.1, -0.05) is 35.8 Å². The van der Waals surface area contributed by atoms with Crippen molar-refractivity contribution in [3.05, 3.63) is 95.1 Å². The molecule has 4 aromatic rings. The summed E-state index contributed by atoms with van der Waals surface area (Å²) < 4.78 is 21.3. The molecule has 0 N–H and O–H groups in total. The molecule has 0 aliphatic carbocycles. The minimum absolute atomic E-state index is 0.707. The third-order valence-electron chi connectivity index (χ3n) is 5.25. The summed E-state index contributed by atoms with van der Waals surface area (Å²) in [5.41, 5.74) is 3.48. The third kappa shape index (κ3) is 5.44. The average molecular weight is 449 g/mol. The Balaban J connectivity index is 1.63. The van der Waals surface area contributed by atoms with E-state index in [0.717, 1.165) is 33.0 Å². The van der Waals surface area contributed by atoms with E-state index in [0.29, 0.717) is 23.0 Å². The Hall–Kier alpha value is -4.54. The monoisotopic (exact) mass is 448 g/mol. The molecule has 0 heterocycles. The minimum atomic E-state index is 0.707. The zero-order valence-corrected chi connectivity index (χ0v) is 19.6. The zero-order valence-electron chi connectivity index (χ0n) is 19.6. The summed E-state index contributed by atoms with van der Waals surface area (Å²) in [7, 11) is 6.50. The normalized spacial score (nSPS) is 9.88. The second kappa shape index (κ2) is 10.4. The molecule has 0 bridgehead atoms. The molecule has 0 amide bonds. The maximum Gasteiger partial charge on any atom is 0.123 e. The molecular formula is C30H24O4. The van der Waals surface area contributed by atoms with Crippen molar-refractivity contribution in [2.75, 3.05) is 28.4 Å². The van der Waals surface area contributed by atoms with Gasteiger partial charge in [-0.3, -0.25) is 0 Å². The first-order chi connectivity index (χ1) is 16.6. The molecule has 4 nitrogen and oxygen atoms in total. The van der Waals surface area contributed by atoms with E-state index < -0.39 is 0 Å². The Morgan fingerprint density at radius 2 is 0.735 bits per heavy atom. The molecule has 0 aromatic heterocycles. The highest BCUT2D eigenvalue weighted by Gasteiger charge is 2.02. The molecule has 0 fully saturated rings. The van der Waals surface area contributed by atoms with Crippen molar-refractivity contribution in [3.63, 3.8) is 0 Å². The first kappa shape index (κ1) is 22.6. The first-order valence-electron chi connectivity index (χ1n) is 10.6. The predicted octanol–water partition coefficient (Wildman–Crippen LogP) is 5.67. The fourth-order valence-electron chi connectivity index (χ4n) is 3.45. The molecule has 0 unspecified atom stereocenters. The van der Waals surface area contributed by atoms with Gasteiger partial charge in [0.2, 0.25) is 0 Å². The Kier molecular flexibility index (Phi) is 6.92. The third-order valence-corrected chi connectivity index (χ3v) is 5.25. The van der Waals surface area contributed by atoms with Crippen molar-refractivity contribution in [2.24, 2.45) is 0 Å². The molecule has 4 rings (SSSR count). The van der Waals surface area contributed by atoms with Gasteiger partial charge >= 0.3 is 0 Å². The van der Waals surface area contributed by atoms with Gasteiger partial charge in [-0.15, -0.1) is 0 Å². The Labute approximate surface area is 200 Å².